The highest BCUT2D eigenvalue weighted by atomic mass is 19.1. The zero-order valence-electron chi connectivity index (χ0n) is 9.65. The van der Waals surface area contributed by atoms with E-state index in [1.165, 1.54) is 6.20 Å². The smallest absolute Gasteiger partial charge is 0.351 e. The summed E-state index contributed by atoms with van der Waals surface area (Å²) in [4.78, 5) is 15.1. The predicted octanol–water partition coefficient (Wildman–Crippen LogP) is -1.28. The molecule has 7 nitrogen and oxygen atoms in total. The van der Waals surface area contributed by atoms with E-state index in [2.05, 4.69) is 4.98 Å². The van der Waals surface area contributed by atoms with Gasteiger partial charge in [0.25, 0.3) is 0 Å². The number of anilines is 1. The Labute approximate surface area is 102 Å². The van der Waals surface area contributed by atoms with Gasteiger partial charge in [-0.1, -0.05) is 0 Å². The van der Waals surface area contributed by atoms with Gasteiger partial charge in [-0.05, 0) is 6.92 Å². The number of nitrogen functional groups attached to an aromatic ring is 1. The Bertz CT molecular complexity index is 506. The van der Waals surface area contributed by atoms with Gasteiger partial charge in [-0.15, -0.1) is 0 Å². The van der Waals surface area contributed by atoms with Crippen molar-refractivity contribution in [2.75, 3.05) is 12.3 Å². The van der Waals surface area contributed by atoms with Crippen LogP contribution in [0.25, 0.3) is 0 Å². The van der Waals surface area contributed by atoms with Crippen molar-refractivity contribution >= 4 is 5.82 Å². The molecule has 0 aromatic carbocycles. The van der Waals surface area contributed by atoms with Crippen molar-refractivity contribution in [1.29, 1.82) is 0 Å². The fraction of sp³-hybridized carbons (Fsp3) is 0.600. The molecule has 1 saturated heterocycles. The molecule has 0 spiro atoms. The highest BCUT2D eigenvalue weighted by Crippen LogP contribution is 2.30. The van der Waals surface area contributed by atoms with Crippen molar-refractivity contribution in [3.63, 3.8) is 0 Å². The second-order valence-corrected chi connectivity index (χ2v) is 4.18. The third-order valence-corrected chi connectivity index (χ3v) is 2.92. The Morgan fingerprint density at radius 3 is 2.89 bits per heavy atom. The molecule has 8 heteroatoms. The summed E-state index contributed by atoms with van der Waals surface area (Å²) in [6.07, 6.45) is -4.35. The Kier molecular flexibility index (Phi) is 3.33. The minimum absolute atomic E-state index is 0.0592. The second-order valence-electron chi connectivity index (χ2n) is 4.18. The topological polar surface area (TPSA) is 111 Å². The number of alkyl halides is 1. The number of nitrogens with zero attached hydrogens (tertiary/aromatic N) is 2. The molecular formula is C10H14FN3O4. The summed E-state index contributed by atoms with van der Waals surface area (Å²) in [7, 11) is 0. The van der Waals surface area contributed by atoms with Crippen molar-refractivity contribution < 1.29 is 19.3 Å². The number of aryl methyl sites for hydroxylation is 1. The van der Waals surface area contributed by atoms with E-state index in [9.17, 15) is 14.3 Å². The summed E-state index contributed by atoms with van der Waals surface area (Å²) in [5.74, 6) is 0.0592. The number of halogens is 1. The van der Waals surface area contributed by atoms with Crippen molar-refractivity contribution in [3.8, 4) is 0 Å². The largest absolute Gasteiger partial charge is 0.394 e. The first kappa shape index (κ1) is 12.9. The molecule has 0 saturated carbocycles. The monoisotopic (exact) mass is 259 g/mol. The van der Waals surface area contributed by atoms with E-state index in [4.69, 9.17) is 15.6 Å². The molecule has 1 aromatic heterocycles. The molecule has 1 aromatic rings. The molecule has 0 aliphatic carbocycles. The molecule has 18 heavy (non-hydrogen) atoms. The van der Waals surface area contributed by atoms with E-state index in [1.807, 2.05) is 0 Å². The maximum Gasteiger partial charge on any atom is 0.351 e. The van der Waals surface area contributed by atoms with Crippen LogP contribution in [0.15, 0.2) is 11.0 Å². The van der Waals surface area contributed by atoms with Gasteiger partial charge in [0.1, 0.15) is 18.0 Å². The van der Waals surface area contributed by atoms with E-state index in [1.54, 1.807) is 6.92 Å². The van der Waals surface area contributed by atoms with Gasteiger partial charge < -0.3 is 20.7 Å². The van der Waals surface area contributed by atoms with Gasteiger partial charge in [-0.3, -0.25) is 4.57 Å². The summed E-state index contributed by atoms with van der Waals surface area (Å²) in [5.41, 5.74) is 5.18. The summed E-state index contributed by atoms with van der Waals surface area (Å²) < 4.78 is 19.8. The lowest BCUT2D eigenvalue weighted by Gasteiger charge is -2.16. The summed E-state index contributed by atoms with van der Waals surface area (Å²) in [5, 5.41) is 18.4. The fourth-order valence-electron chi connectivity index (χ4n) is 1.84. The van der Waals surface area contributed by atoms with Crippen LogP contribution in [-0.4, -0.2) is 44.8 Å². The summed E-state index contributed by atoms with van der Waals surface area (Å²) in [6, 6.07) is 0. The Balaban J connectivity index is 2.39. The highest BCUT2D eigenvalue weighted by Gasteiger charge is 2.45. The van der Waals surface area contributed by atoms with Crippen LogP contribution in [0.1, 0.15) is 11.8 Å². The molecule has 0 amide bonds. The Hall–Kier alpha value is -1.51. The lowest BCUT2D eigenvalue weighted by Crippen LogP contribution is -2.34. The Morgan fingerprint density at radius 2 is 2.33 bits per heavy atom. The standard InChI is InChI=1S/C10H14FN3O4/c1-4-2-14(10(17)13-8(4)12)9-6(11)7(16)5(3-15)18-9/h2,5-7,9,15-16H,3H2,1H3,(H2,12,13,17)/t5-,6?,7+,9-/m1/s1. The van der Waals surface area contributed by atoms with Crippen LogP contribution in [-0.2, 0) is 4.74 Å². The average molecular weight is 259 g/mol. The molecule has 1 aliphatic heterocycles. The molecule has 0 bridgehead atoms. The number of aliphatic hydroxyl groups excluding tert-OH is 2. The average Bonchev–Trinajstić information content (AvgIpc) is 2.61. The molecule has 100 valence electrons. The van der Waals surface area contributed by atoms with E-state index in [-0.39, 0.29) is 5.82 Å². The first-order chi connectivity index (χ1) is 8.45. The number of hydrogen-bond acceptors (Lipinski definition) is 6. The molecule has 1 aliphatic rings. The van der Waals surface area contributed by atoms with Crippen molar-refractivity contribution in [3.05, 3.63) is 22.2 Å². The van der Waals surface area contributed by atoms with Crippen LogP contribution in [0.5, 0.6) is 0 Å². The fourth-order valence-corrected chi connectivity index (χ4v) is 1.84. The number of aliphatic hydroxyl groups is 2. The molecule has 0 radical (unpaired) electrons. The van der Waals surface area contributed by atoms with Gasteiger partial charge in [-0.2, -0.15) is 4.98 Å². The molecule has 4 atom stereocenters. The third-order valence-electron chi connectivity index (χ3n) is 2.92. The van der Waals surface area contributed by atoms with E-state index in [0.29, 0.717) is 5.56 Å². The predicted molar refractivity (Wildman–Crippen MR) is 59.5 cm³/mol. The number of ether oxygens (including phenoxy) is 1. The molecular weight excluding hydrogens is 245 g/mol. The van der Waals surface area contributed by atoms with Crippen molar-refractivity contribution in [1.82, 2.24) is 9.55 Å². The summed E-state index contributed by atoms with van der Waals surface area (Å²) in [6.45, 7) is 1.08. The minimum atomic E-state index is -1.82. The number of aromatic nitrogens is 2. The van der Waals surface area contributed by atoms with Gasteiger partial charge in [-0.25, -0.2) is 9.18 Å². The van der Waals surface area contributed by atoms with Gasteiger partial charge in [0.05, 0.1) is 6.61 Å². The zero-order valence-corrected chi connectivity index (χ0v) is 9.65. The van der Waals surface area contributed by atoms with Crippen LogP contribution in [0.2, 0.25) is 0 Å². The number of nitrogens with two attached hydrogens (primary N) is 1. The highest BCUT2D eigenvalue weighted by molar-refractivity contribution is 5.35. The van der Waals surface area contributed by atoms with E-state index < -0.39 is 36.9 Å². The van der Waals surface area contributed by atoms with Crippen molar-refractivity contribution in [2.45, 2.75) is 31.5 Å². The normalized spacial score (nSPS) is 31.8. The quantitative estimate of drug-likeness (QED) is 0.610. The van der Waals surface area contributed by atoms with Crippen LogP contribution in [0.4, 0.5) is 10.2 Å². The lowest BCUT2D eigenvalue weighted by atomic mass is 10.1. The van der Waals surface area contributed by atoms with Crippen LogP contribution in [0.3, 0.4) is 0 Å². The SMILES string of the molecule is Cc1cn([C@@H]2O[C@H](CO)[C@H](O)C2F)c(=O)nc1N. The van der Waals surface area contributed by atoms with Gasteiger partial charge in [0.15, 0.2) is 12.4 Å². The maximum absolute atomic E-state index is 13.8. The molecule has 2 rings (SSSR count). The van der Waals surface area contributed by atoms with Crippen molar-refractivity contribution in [2.24, 2.45) is 0 Å². The maximum atomic E-state index is 13.8. The van der Waals surface area contributed by atoms with Gasteiger partial charge >= 0.3 is 5.69 Å². The number of rotatable bonds is 2. The summed E-state index contributed by atoms with van der Waals surface area (Å²) >= 11 is 0. The van der Waals surface area contributed by atoms with Crippen LogP contribution in [0, 0.1) is 6.92 Å². The number of hydrogen-bond donors (Lipinski definition) is 3. The Morgan fingerprint density at radius 1 is 1.67 bits per heavy atom. The third kappa shape index (κ3) is 1.98. The molecule has 4 N–H and O–H groups in total. The van der Waals surface area contributed by atoms with E-state index in [0.717, 1.165) is 4.57 Å². The van der Waals surface area contributed by atoms with Crippen LogP contribution >= 0.6 is 0 Å². The lowest BCUT2D eigenvalue weighted by molar-refractivity contribution is -0.0491. The zero-order chi connectivity index (χ0) is 13.4. The van der Waals surface area contributed by atoms with Crippen LogP contribution < -0.4 is 11.4 Å². The minimum Gasteiger partial charge on any atom is -0.394 e. The van der Waals surface area contributed by atoms with Gasteiger partial charge in [0, 0.05) is 11.8 Å². The molecule has 2 heterocycles. The molecule has 1 unspecified atom stereocenters. The first-order valence-electron chi connectivity index (χ1n) is 5.39. The van der Waals surface area contributed by atoms with Gasteiger partial charge in [0.2, 0.25) is 0 Å². The second kappa shape index (κ2) is 4.63. The molecule has 1 fully saturated rings. The first-order valence-corrected chi connectivity index (χ1v) is 5.39. The van der Waals surface area contributed by atoms with E-state index >= 15 is 0 Å².